The van der Waals surface area contributed by atoms with Crippen molar-refractivity contribution in [2.45, 2.75) is 18.2 Å². The first-order valence-corrected chi connectivity index (χ1v) is 6.19. The number of hydrogen-bond acceptors (Lipinski definition) is 5. The van der Waals surface area contributed by atoms with Gasteiger partial charge >= 0.3 is 5.97 Å². The van der Waals surface area contributed by atoms with Crippen LogP contribution < -0.4 is 0 Å². The third-order valence-electron chi connectivity index (χ3n) is 1.88. The summed E-state index contributed by atoms with van der Waals surface area (Å²) >= 11 is 1.33. The number of esters is 1. The lowest BCUT2D eigenvalue weighted by Crippen LogP contribution is -2.12. The Morgan fingerprint density at radius 3 is 2.53 bits per heavy atom. The Morgan fingerprint density at radius 2 is 1.94 bits per heavy atom. The van der Waals surface area contributed by atoms with E-state index < -0.39 is 5.97 Å². The molecule has 5 heteroatoms. The van der Waals surface area contributed by atoms with Gasteiger partial charge in [0.1, 0.15) is 12.2 Å². The van der Waals surface area contributed by atoms with Crippen LogP contribution in [0.15, 0.2) is 29.2 Å². The average Bonchev–Trinajstić information content (AvgIpc) is 2.28. The molecule has 1 N–H and O–H groups in total. The van der Waals surface area contributed by atoms with Gasteiger partial charge in [0.25, 0.3) is 0 Å². The van der Waals surface area contributed by atoms with Crippen molar-refractivity contribution in [2.75, 3.05) is 12.4 Å². The molecule has 0 aliphatic heterocycles. The normalized spacial score (nSPS) is 9.94. The summed E-state index contributed by atoms with van der Waals surface area (Å²) in [6, 6.07) is 6.55. The van der Waals surface area contributed by atoms with Gasteiger partial charge in [-0.1, -0.05) is 0 Å². The van der Waals surface area contributed by atoms with Crippen molar-refractivity contribution in [3.05, 3.63) is 24.3 Å². The van der Waals surface area contributed by atoms with Gasteiger partial charge in [-0.15, -0.1) is 11.8 Å². The highest BCUT2D eigenvalue weighted by Gasteiger charge is 2.10. The third kappa shape index (κ3) is 5.40. The highest BCUT2D eigenvalue weighted by Crippen LogP contribution is 2.20. The molecule has 0 spiro atoms. The zero-order chi connectivity index (χ0) is 12.7. The molecule has 0 aliphatic carbocycles. The molecule has 4 nitrogen and oxygen atoms in total. The molecule has 0 radical (unpaired) electrons. The Kier molecular flexibility index (Phi) is 5.56. The lowest BCUT2D eigenvalue weighted by Gasteiger charge is -2.02. The van der Waals surface area contributed by atoms with Gasteiger partial charge in [0.05, 0.1) is 12.4 Å². The fourth-order valence-electron chi connectivity index (χ4n) is 1.13. The minimum atomic E-state index is -0.483. The number of carbonyl (C=O) groups is 2. The standard InChI is InChI=1S/C12H14O4S/c1-2-16-12(15)7-10(14)8-17-11-5-3-9(13)4-6-11/h3-6,13H,2,7-8H2,1H3. The lowest BCUT2D eigenvalue weighted by molar-refractivity contribution is -0.145. The second kappa shape index (κ2) is 6.96. The van der Waals surface area contributed by atoms with Crippen molar-refractivity contribution in [1.29, 1.82) is 0 Å². The van der Waals surface area contributed by atoms with Crippen LogP contribution in [0.25, 0.3) is 0 Å². The van der Waals surface area contributed by atoms with E-state index in [9.17, 15) is 9.59 Å². The molecule has 0 aromatic heterocycles. The number of phenols is 1. The van der Waals surface area contributed by atoms with E-state index in [1.165, 1.54) is 11.8 Å². The molecule has 0 saturated carbocycles. The summed E-state index contributed by atoms with van der Waals surface area (Å²) in [6.45, 7) is 1.99. The fraction of sp³-hybridized carbons (Fsp3) is 0.333. The monoisotopic (exact) mass is 254 g/mol. The second-order valence-corrected chi connectivity index (χ2v) is 4.35. The smallest absolute Gasteiger partial charge is 0.313 e. The van der Waals surface area contributed by atoms with E-state index in [-0.39, 0.29) is 30.3 Å². The van der Waals surface area contributed by atoms with E-state index in [1.54, 1.807) is 31.2 Å². The molecule has 0 fully saturated rings. The quantitative estimate of drug-likeness (QED) is 0.478. The van der Waals surface area contributed by atoms with Crippen molar-refractivity contribution in [3.63, 3.8) is 0 Å². The van der Waals surface area contributed by atoms with Gasteiger partial charge < -0.3 is 9.84 Å². The minimum absolute atomic E-state index is 0.165. The molecule has 0 aliphatic rings. The average molecular weight is 254 g/mol. The van der Waals surface area contributed by atoms with Crippen LogP contribution in [0.5, 0.6) is 5.75 Å². The summed E-state index contributed by atoms with van der Waals surface area (Å²) in [7, 11) is 0. The van der Waals surface area contributed by atoms with Crippen molar-refractivity contribution in [2.24, 2.45) is 0 Å². The molecule has 0 amide bonds. The molecule has 1 rings (SSSR count). The van der Waals surface area contributed by atoms with Gasteiger partial charge in [0.15, 0.2) is 5.78 Å². The van der Waals surface area contributed by atoms with Crippen LogP contribution in [-0.2, 0) is 14.3 Å². The van der Waals surface area contributed by atoms with Gasteiger partial charge in [-0.05, 0) is 31.2 Å². The van der Waals surface area contributed by atoms with E-state index in [2.05, 4.69) is 4.74 Å². The Balaban J connectivity index is 2.33. The Morgan fingerprint density at radius 1 is 1.29 bits per heavy atom. The van der Waals surface area contributed by atoms with Gasteiger partial charge in [-0.25, -0.2) is 0 Å². The zero-order valence-electron chi connectivity index (χ0n) is 9.51. The second-order valence-electron chi connectivity index (χ2n) is 3.30. The summed E-state index contributed by atoms with van der Waals surface area (Å²) in [4.78, 5) is 23.3. The Hall–Kier alpha value is -1.49. The summed E-state index contributed by atoms with van der Waals surface area (Å²) in [5, 5.41) is 9.07. The summed E-state index contributed by atoms with van der Waals surface area (Å²) < 4.78 is 4.68. The van der Waals surface area contributed by atoms with Crippen molar-refractivity contribution in [1.82, 2.24) is 0 Å². The number of hydrogen-bond donors (Lipinski definition) is 1. The molecule has 17 heavy (non-hydrogen) atoms. The Bertz CT molecular complexity index is 386. The van der Waals surface area contributed by atoms with Gasteiger partial charge in [-0.2, -0.15) is 0 Å². The maximum Gasteiger partial charge on any atom is 0.313 e. The highest BCUT2D eigenvalue weighted by molar-refractivity contribution is 8.00. The van der Waals surface area contributed by atoms with E-state index in [1.807, 2.05) is 0 Å². The first-order valence-electron chi connectivity index (χ1n) is 5.21. The molecule has 0 heterocycles. The largest absolute Gasteiger partial charge is 0.508 e. The lowest BCUT2D eigenvalue weighted by atomic mass is 10.3. The SMILES string of the molecule is CCOC(=O)CC(=O)CSc1ccc(O)cc1. The molecular formula is C12H14O4S. The summed E-state index contributed by atoms with van der Waals surface area (Å²) in [6.07, 6.45) is -0.182. The molecule has 0 unspecified atom stereocenters. The molecule has 0 bridgehead atoms. The van der Waals surface area contributed by atoms with Crippen LogP contribution in [-0.4, -0.2) is 29.2 Å². The van der Waals surface area contributed by atoms with Crippen molar-refractivity contribution < 1.29 is 19.4 Å². The number of benzene rings is 1. The highest BCUT2D eigenvalue weighted by atomic mass is 32.2. The maximum atomic E-state index is 11.4. The number of Topliss-reactive ketones (excluding diaryl/α,β-unsaturated/α-hetero) is 1. The number of phenolic OH excluding ortho intramolecular Hbond substituents is 1. The summed E-state index contributed by atoms with van der Waals surface area (Å²) in [5.74, 6) is -0.235. The summed E-state index contributed by atoms with van der Waals surface area (Å²) in [5.41, 5.74) is 0. The zero-order valence-corrected chi connectivity index (χ0v) is 10.3. The third-order valence-corrected chi connectivity index (χ3v) is 2.96. The van der Waals surface area contributed by atoms with Gasteiger partial charge in [0.2, 0.25) is 0 Å². The van der Waals surface area contributed by atoms with E-state index >= 15 is 0 Å². The number of carbonyl (C=O) groups excluding carboxylic acids is 2. The first-order chi connectivity index (χ1) is 8.11. The molecule has 1 aromatic carbocycles. The topological polar surface area (TPSA) is 63.6 Å². The fourth-order valence-corrected chi connectivity index (χ4v) is 1.89. The van der Waals surface area contributed by atoms with Crippen LogP contribution in [0.4, 0.5) is 0 Å². The van der Waals surface area contributed by atoms with Crippen molar-refractivity contribution in [3.8, 4) is 5.75 Å². The maximum absolute atomic E-state index is 11.4. The molecule has 1 aromatic rings. The number of ether oxygens (including phenoxy) is 1. The number of aromatic hydroxyl groups is 1. The van der Waals surface area contributed by atoms with Gasteiger partial charge in [0, 0.05) is 4.90 Å². The predicted octanol–water partition coefficient (Wildman–Crippen LogP) is 2.01. The van der Waals surface area contributed by atoms with Crippen LogP contribution in [0.1, 0.15) is 13.3 Å². The van der Waals surface area contributed by atoms with Crippen LogP contribution in [0.2, 0.25) is 0 Å². The number of ketones is 1. The van der Waals surface area contributed by atoms with Crippen LogP contribution in [0.3, 0.4) is 0 Å². The predicted molar refractivity (Wildman–Crippen MR) is 65.1 cm³/mol. The van der Waals surface area contributed by atoms with Gasteiger partial charge in [-0.3, -0.25) is 9.59 Å². The molecule has 92 valence electrons. The van der Waals surface area contributed by atoms with Crippen LogP contribution >= 0.6 is 11.8 Å². The first kappa shape index (κ1) is 13.6. The minimum Gasteiger partial charge on any atom is -0.508 e. The van der Waals surface area contributed by atoms with E-state index in [0.717, 1.165) is 4.90 Å². The Labute approximate surface area is 104 Å². The number of thioether (sulfide) groups is 1. The molecular weight excluding hydrogens is 240 g/mol. The van der Waals surface area contributed by atoms with E-state index in [0.29, 0.717) is 0 Å². The molecule has 0 atom stereocenters. The van der Waals surface area contributed by atoms with Crippen molar-refractivity contribution >= 4 is 23.5 Å². The molecule has 0 saturated heterocycles. The van der Waals surface area contributed by atoms with E-state index in [4.69, 9.17) is 5.11 Å². The van der Waals surface area contributed by atoms with Crippen LogP contribution in [0, 0.1) is 0 Å². The number of rotatable bonds is 6.